The van der Waals surface area contributed by atoms with Gasteiger partial charge in [-0.3, -0.25) is 9.59 Å². The van der Waals surface area contributed by atoms with Crippen LogP contribution in [0.2, 0.25) is 0 Å². The number of ketones is 1. The Morgan fingerprint density at radius 1 is 0.857 bits per heavy atom. The van der Waals surface area contributed by atoms with Crippen molar-refractivity contribution in [2.75, 3.05) is 45.9 Å². The molecule has 2 aromatic rings. The minimum atomic E-state index is -3.79. The molecule has 0 fully saturated rings. The SMILES string of the molecule is CC(C)(C)OC(=O)N1CCc2c(cccc2C(=O)C(=O)N2CC3=C(C2)CN(S(=O)(=O)c2ccc4c(c2)OCCO4)C3)C1. The van der Waals surface area contributed by atoms with Crippen molar-refractivity contribution in [2.45, 2.75) is 44.2 Å². The van der Waals surface area contributed by atoms with Crippen molar-refractivity contribution in [1.82, 2.24) is 14.1 Å². The zero-order valence-corrected chi connectivity index (χ0v) is 24.7. The normalized spacial score (nSPS) is 18.5. The fourth-order valence-corrected chi connectivity index (χ4v) is 7.20. The number of carbonyl (C=O) groups excluding carboxylic acids is 3. The van der Waals surface area contributed by atoms with E-state index in [0.717, 1.165) is 22.3 Å². The Hall–Kier alpha value is -3.90. The van der Waals surface area contributed by atoms with Crippen LogP contribution in [0.1, 0.15) is 42.3 Å². The van der Waals surface area contributed by atoms with Crippen LogP contribution in [0.5, 0.6) is 11.5 Å². The van der Waals surface area contributed by atoms with Gasteiger partial charge >= 0.3 is 6.09 Å². The summed E-state index contributed by atoms with van der Waals surface area (Å²) in [6.07, 6.45) is 0.0224. The van der Waals surface area contributed by atoms with Gasteiger partial charge in [-0.1, -0.05) is 18.2 Å². The van der Waals surface area contributed by atoms with Crippen molar-refractivity contribution in [3.8, 4) is 11.5 Å². The van der Waals surface area contributed by atoms with Crippen molar-refractivity contribution >= 4 is 27.8 Å². The molecule has 4 aliphatic heterocycles. The monoisotopic (exact) mass is 595 g/mol. The van der Waals surface area contributed by atoms with Crippen molar-refractivity contribution in [3.63, 3.8) is 0 Å². The number of Topliss-reactive ketones (excluding diaryl/α,β-unsaturated/α-hetero) is 1. The van der Waals surface area contributed by atoms with Crippen LogP contribution in [0.3, 0.4) is 0 Å². The van der Waals surface area contributed by atoms with E-state index >= 15 is 0 Å². The molecule has 0 saturated carbocycles. The third kappa shape index (κ3) is 5.24. The van der Waals surface area contributed by atoms with Crippen LogP contribution in [0.25, 0.3) is 0 Å². The Morgan fingerprint density at radius 3 is 2.24 bits per heavy atom. The second-order valence-electron chi connectivity index (χ2n) is 11.9. The minimum Gasteiger partial charge on any atom is -0.486 e. The van der Waals surface area contributed by atoms with E-state index in [9.17, 15) is 22.8 Å². The van der Waals surface area contributed by atoms with E-state index in [1.54, 1.807) is 23.1 Å². The second kappa shape index (κ2) is 10.4. The molecule has 42 heavy (non-hydrogen) atoms. The van der Waals surface area contributed by atoms with Crippen LogP contribution >= 0.6 is 0 Å². The van der Waals surface area contributed by atoms with Crippen LogP contribution in [-0.2, 0) is 32.5 Å². The number of sulfonamides is 1. The quantitative estimate of drug-likeness (QED) is 0.301. The number of benzene rings is 2. The van der Waals surface area contributed by atoms with Gasteiger partial charge in [-0.25, -0.2) is 13.2 Å². The topological polar surface area (TPSA) is 123 Å². The Morgan fingerprint density at radius 2 is 1.55 bits per heavy atom. The molecule has 0 radical (unpaired) electrons. The van der Waals surface area contributed by atoms with Crippen LogP contribution in [0.4, 0.5) is 4.79 Å². The van der Waals surface area contributed by atoms with Gasteiger partial charge in [-0.15, -0.1) is 0 Å². The molecule has 2 amide bonds. The van der Waals surface area contributed by atoms with Gasteiger partial charge in [0, 0.05) is 50.9 Å². The van der Waals surface area contributed by atoms with E-state index in [2.05, 4.69) is 0 Å². The smallest absolute Gasteiger partial charge is 0.410 e. The van der Waals surface area contributed by atoms with E-state index in [4.69, 9.17) is 14.2 Å². The minimum absolute atomic E-state index is 0.120. The standard InChI is InChI=1S/C30H33N3O8S/c1-30(2,3)41-29(36)31-10-9-23-19(14-31)5-4-6-24(23)27(34)28(35)32-15-20-17-33(18-21(20)16-32)42(37,38)22-7-8-25-26(13-22)40-12-11-39-25/h4-8,13H,9-12,14-18H2,1-3H3. The van der Waals surface area contributed by atoms with E-state index in [1.165, 1.54) is 21.3 Å². The predicted molar refractivity (Wildman–Crippen MR) is 151 cm³/mol. The van der Waals surface area contributed by atoms with Gasteiger partial charge in [0.05, 0.1) is 4.90 Å². The molecule has 0 spiro atoms. The zero-order valence-electron chi connectivity index (χ0n) is 23.8. The van der Waals surface area contributed by atoms with Gasteiger partial charge < -0.3 is 24.0 Å². The highest BCUT2D eigenvalue weighted by atomic mass is 32.2. The zero-order chi connectivity index (χ0) is 29.8. The first kappa shape index (κ1) is 28.2. The van der Waals surface area contributed by atoms with Gasteiger partial charge in [-0.2, -0.15) is 4.31 Å². The number of amides is 2. The summed E-state index contributed by atoms with van der Waals surface area (Å²) in [7, 11) is -3.79. The molecular weight excluding hydrogens is 562 g/mol. The van der Waals surface area contributed by atoms with Gasteiger partial charge in [-0.05, 0) is 61.6 Å². The number of rotatable bonds is 4. The summed E-state index contributed by atoms with van der Waals surface area (Å²) in [5.74, 6) is -0.299. The van der Waals surface area contributed by atoms with Gasteiger partial charge in [0.2, 0.25) is 10.0 Å². The molecule has 4 aliphatic rings. The highest BCUT2D eigenvalue weighted by molar-refractivity contribution is 7.89. The molecular formula is C30H33N3O8S. The Kier molecular flexibility index (Phi) is 7.01. The summed E-state index contributed by atoms with van der Waals surface area (Å²) >= 11 is 0. The first-order chi connectivity index (χ1) is 19.9. The molecule has 0 aliphatic carbocycles. The van der Waals surface area contributed by atoms with Crippen molar-refractivity contribution < 1.29 is 37.0 Å². The van der Waals surface area contributed by atoms with Gasteiger partial charge in [0.25, 0.3) is 11.7 Å². The molecule has 4 heterocycles. The van der Waals surface area contributed by atoms with Crippen molar-refractivity contribution in [1.29, 1.82) is 0 Å². The number of carbonyl (C=O) groups is 3. The Balaban J connectivity index is 1.10. The molecule has 12 heteroatoms. The van der Waals surface area contributed by atoms with Crippen molar-refractivity contribution in [3.05, 3.63) is 64.2 Å². The van der Waals surface area contributed by atoms with Crippen molar-refractivity contribution in [2.24, 2.45) is 0 Å². The third-order valence-electron chi connectivity index (χ3n) is 7.79. The first-order valence-electron chi connectivity index (χ1n) is 13.9. The number of nitrogens with zero attached hydrogens (tertiary/aromatic N) is 3. The highest BCUT2D eigenvalue weighted by Gasteiger charge is 2.40. The third-order valence-corrected chi connectivity index (χ3v) is 9.58. The molecule has 6 rings (SSSR count). The molecule has 0 N–H and O–H groups in total. The second-order valence-corrected chi connectivity index (χ2v) is 13.8. The summed E-state index contributed by atoms with van der Waals surface area (Å²) in [4.78, 5) is 42.5. The largest absolute Gasteiger partial charge is 0.486 e. The number of hydrogen-bond donors (Lipinski definition) is 0. The summed E-state index contributed by atoms with van der Waals surface area (Å²) in [5.41, 5.74) is 2.98. The Labute approximate surface area is 244 Å². The van der Waals surface area contributed by atoms with Gasteiger partial charge in [0.1, 0.15) is 18.8 Å². The molecule has 0 atom stereocenters. The maximum absolute atomic E-state index is 13.4. The molecule has 2 aromatic carbocycles. The fourth-order valence-electron chi connectivity index (χ4n) is 5.76. The molecule has 0 aromatic heterocycles. The predicted octanol–water partition coefficient (Wildman–Crippen LogP) is 2.78. The van der Waals surface area contributed by atoms with Crippen LogP contribution in [-0.4, -0.2) is 91.8 Å². The first-order valence-corrected chi connectivity index (χ1v) is 15.4. The van der Waals surface area contributed by atoms with E-state index in [0.29, 0.717) is 49.8 Å². The lowest BCUT2D eigenvalue weighted by atomic mass is 9.92. The molecule has 0 saturated heterocycles. The fraction of sp³-hybridized carbons (Fsp3) is 0.433. The van der Waals surface area contributed by atoms with Crippen LogP contribution < -0.4 is 9.47 Å². The number of fused-ring (bicyclic) bond motifs is 2. The highest BCUT2D eigenvalue weighted by Crippen LogP contribution is 2.36. The molecule has 0 unspecified atom stereocenters. The number of ether oxygens (including phenoxy) is 3. The maximum Gasteiger partial charge on any atom is 0.410 e. The lowest BCUT2D eigenvalue weighted by molar-refractivity contribution is -0.125. The lowest BCUT2D eigenvalue weighted by Crippen LogP contribution is -2.41. The summed E-state index contributed by atoms with van der Waals surface area (Å²) < 4.78 is 44.6. The summed E-state index contributed by atoms with van der Waals surface area (Å²) in [6, 6.07) is 9.82. The lowest BCUT2D eigenvalue weighted by Gasteiger charge is -2.32. The van der Waals surface area contributed by atoms with Crippen LogP contribution in [0, 0.1) is 0 Å². The van der Waals surface area contributed by atoms with Gasteiger partial charge in [0.15, 0.2) is 11.5 Å². The Bertz CT molecular complexity index is 1610. The van der Waals surface area contributed by atoms with E-state index in [1.807, 2.05) is 26.8 Å². The average molecular weight is 596 g/mol. The maximum atomic E-state index is 13.4. The average Bonchev–Trinajstić information content (AvgIpc) is 3.55. The molecule has 0 bridgehead atoms. The van der Waals surface area contributed by atoms with Crippen LogP contribution in [0.15, 0.2) is 52.4 Å². The number of hydrogen-bond acceptors (Lipinski definition) is 8. The molecule has 222 valence electrons. The van der Waals surface area contributed by atoms with E-state index in [-0.39, 0.29) is 31.1 Å². The summed E-state index contributed by atoms with van der Waals surface area (Å²) in [6.45, 7) is 7.61. The van der Waals surface area contributed by atoms with E-state index < -0.39 is 33.4 Å². The molecule has 11 nitrogen and oxygen atoms in total. The summed E-state index contributed by atoms with van der Waals surface area (Å²) in [5, 5.41) is 0.